The highest BCUT2D eigenvalue weighted by Crippen LogP contribution is 2.57. The number of hydrogen-bond acceptors (Lipinski definition) is 1. The molecule has 0 spiro atoms. The number of aryl methyl sites for hydroxylation is 1. The molecule has 0 atom stereocenters. The molecule has 72 heavy (non-hydrogen) atoms. The maximum Gasteiger partial charge on any atom is 0.333 e. The lowest BCUT2D eigenvalue weighted by Crippen LogP contribution is -2.61. The lowest BCUT2D eigenvalue weighted by atomic mass is 9.43. The summed E-state index contributed by atoms with van der Waals surface area (Å²) in [6, 6.07) is 36.0. The van der Waals surface area contributed by atoms with Crippen LogP contribution in [0.4, 0.5) is 11.4 Å². The predicted molar refractivity (Wildman–Crippen MR) is 311 cm³/mol. The van der Waals surface area contributed by atoms with Gasteiger partial charge in [-0.1, -0.05) is 147 Å². The maximum atomic E-state index is 2.89. The Hall–Kier alpha value is -5.02. The van der Waals surface area contributed by atoms with Crippen molar-refractivity contribution in [3.8, 4) is 27.9 Å². The molecule has 0 bridgehead atoms. The molecule has 7 aromatic rings. The van der Waals surface area contributed by atoms with Gasteiger partial charge in [-0.05, 0) is 228 Å². The second kappa shape index (κ2) is 14.2. The van der Waals surface area contributed by atoms with E-state index in [4.69, 9.17) is 0 Å². The summed E-state index contributed by atoms with van der Waals surface area (Å²) in [5.74, 6) is 0. The Morgan fingerprint density at radius 3 is 1.40 bits per heavy atom. The van der Waals surface area contributed by atoms with Crippen molar-refractivity contribution < 1.29 is 0 Å². The van der Waals surface area contributed by atoms with E-state index < -0.39 is 0 Å². The predicted octanol–water partition coefficient (Wildman–Crippen LogP) is 17.4. The minimum absolute atomic E-state index is 0.0445. The van der Waals surface area contributed by atoms with Gasteiger partial charge in [0.25, 0.3) is 0 Å². The molecule has 370 valence electrons. The SMILES string of the molecule is Cc1ccccc1-c1cc2c3c4c1c1cc5c(cc1n4-c1cc4c(cc1B3N(c1ccc3c(c1)C(C)(C)CCC3(C)C)c1cc3c(cc1-2)C(C)(C)CCC3(C)C)C(C)(C)CCC4(C)C)C(C)(C)CCC5(C)C. The third-order valence-electron chi connectivity index (χ3n) is 21.2. The van der Waals surface area contributed by atoms with Crippen LogP contribution in [0.25, 0.3) is 49.7 Å². The van der Waals surface area contributed by atoms with Crippen LogP contribution in [0.2, 0.25) is 0 Å². The molecule has 6 aromatic carbocycles. The Labute approximate surface area is 433 Å². The van der Waals surface area contributed by atoms with Gasteiger partial charge in [0, 0.05) is 33.4 Å². The Kier molecular flexibility index (Phi) is 9.23. The van der Waals surface area contributed by atoms with E-state index in [1.165, 1.54) is 168 Å². The van der Waals surface area contributed by atoms with Gasteiger partial charge in [-0.15, -0.1) is 0 Å². The quantitative estimate of drug-likeness (QED) is 0.157. The van der Waals surface area contributed by atoms with Crippen LogP contribution in [0, 0.1) is 6.92 Å². The van der Waals surface area contributed by atoms with Gasteiger partial charge in [0.15, 0.2) is 0 Å². The Morgan fingerprint density at radius 1 is 0.389 bits per heavy atom. The minimum Gasteiger partial charge on any atom is -0.376 e. The van der Waals surface area contributed by atoms with E-state index in [-0.39, 0.29) is 50.2 Å². The number of rotatable bonds is 2. The molecule has 2 aliphatic heterocycles. The summed E-state index contributed by atoms with van der Waals surface area (Å²) in [6.07, 6.45) is 9.52. The van der Waals surface area contributed by atoms with Gasteiger partial charge >= 0.3 is 6.85 Å². The molecule has 0 amide bonds. The number of anilines is 2. The molecule has 0 N–H and O–H groups in total. The molecular formula is C69H81BN2. The Balaban J connectivity index is 1.27. The molecule has 0 fully saturated rings. The van der Waals surface area contributed by atoms with Gasteiger partial charge in [-0.3, -0.25) is 0 Å². The number of hydrogen-bond donors (Lipinski definition) is 0. The fourth-order valence-electron chi connectivity index (χ4n) is 15.8. The molecule has 0 radical (unpaired) electrons. The van der Waals surface area contributed by atoms with Crippen LogP contribution >= 0.6 is 0 Å². The fourth-order valence-corrected chi connectivity index (χ4v) is 15.8. The van der Waals surface area contributed by atoms with E-state index in [9.17, 15) is 0 Å². The standard InChI is InChI=1S/C69H81BN2/c1-40-20-18-19-21-42(40)44-33-45-43-34-49-53(68(14,15)30-26-64(49,6)7)38-57(43)72(41-22-23-47-48(32-41)63(4,5)25-24-62(47,2)3)70-55-36-51-54(69(16,17)31-28-66(51,10)11)39-58(55)71-56-37-52-50(65(8,9)27-29-67(52,12)13)35-46(56)59(44)61(71)60(45)70/h18-23,32-39H,24-31H2,1-17H3. The van der Waals surface area contributed by atoms with Gasteiger partial charge in [-0.25, -0.2) is 0 Å². The molecular weight excluding hydrogens is 868 g/mol. The summed E-state index contributed by atoms with van der Waals surface area (Å²) in [6.45, 7) is 42.5. The summed E-state index contributed by atoms with van der Waals surface area (Å²) < 4.78 is 2.83. The second-order valence-electron chi connectivity index (χ2n) is 29.6. The summed E-state index contributed by atoms with van der Waals surface area (Å²) in [5.41, 5.74) is 29.4. The first-order chi connectivity index (χ1) is 33.5. The van der Waals surface area contributed by atoms with Gasteiger partial charge in [0.05, 0.1) is 11.0 Å². The molecule has 2 nitrogen and oxygen atoms in total. The first-order valence-electron chi connectivity index (χ1n) is 28.1. The van der Waals surface area contributed by atoms with E-state index in [1.54, 1.807) is 5.56 Å². The number of fused-ring (bicyclic) bond motifs is 12. The van der Waals surface area contributed by atoms with Crippen molar-refractivity contribution in [1.82, 2.24) is 4.57 Å². The van der Waals surface area contributed by atoms with Crippen molar-refractivity contribution in [3.05, 3.63) is 135 Å². The van der Waals surface area contributed by atoms with Crippen molar-refractivity contribution >= 4 is 51.0 Å². The van der Waals surface area contributed by atoms with E-state index in [0.29, 0.717) is 0 Å². The summed E-state index contributed by atoms with van der Waals surface area (Å²) in [7, 11) is 0. The van der Waals surface area contributed by atoms with E-state index in [0.717, 1.165) is 0 Å². The van der Waals surface area contributed by atoms with Crippen LogP contribution < -0.4 is 15.7 Å². The third-order valence-corrected chi connectivity index (χ3v) is 21.2. The van der Waals surface area contributed by atoms with E-state index in [1.807, 2.05) is 0 Å². The summed E-state index contributed by atoms with van der Waals surface area (Å²) >= 11 is 0. The molecule has 4 aliphatic carbocycles. The molecule has 13 rings (SSSR count). The van der Waals surface area contributed by atoms with E-state index >= 15 is 0 Å². The van der Waals surface area contributed by atoms with Crippen molar-refractivity contribution in [2.45, 2.75) is 212 Å². The Bertz CT molecular complexity index is 3560. The highest BCUT2D eigenvalue weighted by atomic mass is 15.1. The number of aromatic nitrogens is 1. The molecule has 6 aliphatic rings. The molecule has 0 saturated carbocycles. The van der Waals surface area contributed by atoms with Crippen LogP contribution in [0.3, 0.4) is 0 Å². The van der Waals surface area contributed by atoms with E-state index in [2.05, 4.69) is 212 Å². The third kappa shape index (κ3) is 6.21. The number of benzene rings is 6. The fraction of sp³-hybridized carbons (Fsp3) is 0.478. The topological polar surface area (TPSA) is 8.17 Å². The molecule has 1 aromatic heterocycles. The van der Waals surface area contributed by atoms with Crippen LogP contribution in [0.15, 0.2) is 84.9 Å². The average molecular weight is 949 g/mol. The lowest BCUT2D eigenvalue weighted by Gasteiger charge is -2.48. The van der Waals surface area contributed by atoms with Crippen LogP contribution in [-0.4, -0.2) is 11.4 Å². The summed E-state index contributed by atoms with van der Waals surface area (Å²) in [5, 5.41) is 2.83. The first-order valence-corrected chi connectivity index (χ1v) is 28.1. The van der Waals surface area contributed by atoms with Crippen molar-refractivity contribution in [1.29, 1.82) is 0 Å². The highest BCUT2D eigenvalue weighted by molar-refractivity contribution is 6.93. The molecule has 0 saturated heterocycles. The summed E-state index contributed by atoms with van der Waals surface area (Å²) in [4.78, 5) is 2.89. The Morgan fingerprint density at radius 2 is 0.847 bits per heavy atom. The van der Waals surface area contributed by atoms with Crippen LogP contribution in [-0.2, 0) is 43.3 Å². The molecule has 0 unspecified atom stereocenters. The van der Waals surface area contributed by atoms with Crippen LogP contribution in [0.5, 0.6) is 0 Å². The minimum atomic E-state index is -0.0445. The molecule has 3 heterocycles. The van der Waals surface area contributed by atoms with Gasteiger partial charge in [0.2, 0.25) is 0 Å². The first kappa shape index (κ1) is 46.7. The normalized spacial score (nSPS) is 22.3. The smallest absolute Gasteiger partial charge is 0.333 e. The average Bonchev–Trinajstić information content (AvgIpc) is 3.66. The molecule has 3 heteroatoms. The zero-order chi connectivity index (χ0) is 51.0. The monoisotopic (exact) mass is 949 g/mol. The van der Waals surface area contributed by atoms with Crippen molar-refractivity contribution in [2.24, 2.45) is 0 Å². The van der Waals surface area contributed by atoms with Gasteiger partial charge < -0.3 is 9.38 Å². The largest absolute Gasteiger partial charge is 0.376 e. The zero-order valence-corrected chi connectivity index (χ0v) is 47.2. The highest BCUT2D eigenvalue weighted by Gasteiger charge is 2.50. The van der Waals surface area contributed by atoms with Crippen LogP contribution in [0.1, 0.15) is 212 Å². The number of nitrogens with zero attached hydrogens (tertiary/aromatic N) is 2. The zero-order valence-electron chi connectivity index (χ0n) is 47.2. The van der Waals surface area contributed by atoms with Crippen molar-refractivity contribution in [3.63, 3.8) is 0 Å². The van der Waals surface area contributed by atoms with Gasteiger partial charge in [-0.2, -0.15) is 0 Å². The maximum absolute atomic E-state index is 2.89. The van der Waals surface area contributed by atoms with Crippen molar-refractivity contribution in [2.75, 3.05) is 4.81 Å². The second-order valence-corrected chi connectivity index (χ2v) is 29.6. The van der Waals surface area contributed by atoms with Gasteiger partial charge in [0.1, 0.15) is 0 Å². The lowest BCUT2D eigenvalue weighted by molar-refractivity contribution is 0.332.